The summed E-state index contributed by atoms with van der Waals surface area (Å²) < 4.78 is 29.8. The van der Waals surface area contributed by atoms with Gasteiger partial charge in [0.1, 0.15) is 29.7 Å². The molecule has 5 N–H and O–H groups in total. The SMILES string of the molecule is C.CC(=O)OC(C)C.CC(C)OC(=O)[C@@H](CC(=O)[C@@H](C)C(C)C)C(C)C.CC(C)OC(=O)[C@@H](N)C(C)C.CC(C)OC(=O)[C@@H]1CCCN1.CC(C)OC(=O)[C@H](C)CC(=O)[C@@H](C)C(C)C.CCC(C)[C@H](N)C(=O)OC(C)C. The van der Waals surface area contributed by atoms with E-state index in [0.717, 1.165) is 25.8 Å². The minimum absolute atomic E-state index is 0. The number of hydrogen-bond donors (Lipinski definition) is 3. The van der Waals surface area contributed by atoms with Crippen LogP contribution in [-0.2, 0) is 66.8 Å². The van der Waals surface area contributed by atoms with E-state index in [1.54, 1.807) is 6.92 Å². The van der Waals surface area contributed by atoms with Crippen LogP contribution < -0.4 is 16.8 Å². The van der Waals surface area contributed by atoms with Crippen molar-refractivity contribution in [3.05, 3.63) is 0 Å². The second kappa shape index (κ2) is 46.0. The summed E-state index contributed by atoms with van der Waals surface area (Å²) in [6.07, 6.45) is 3.11. The zero-order chi connectivity index (χ0) is 60.2. The Morgan fingerprint density at radius 2 is 0.816 bits per heavy atom. The van der Waals surface area contributed by atoms with E-state index < -0.39 is 12.1 Å². The molecule has 0 bridgehead atoms. The van der Waals surface area contributed by atoms with Gasteiger partial charge in [-0.05, 0) is 132 Å². The van der Waals surface area contributed by atoms with Gasteiger partial charge in [-0.15, -0.1) is 0 Å². The first kappa shape index (κ1) is 83.4. The molecule has 0 aromatic carbocycles. The summed E-state index contributed by atoms with van der Waals surface area (Å²) in [5, 5.41) is 3.09. The zero-order valence-electron chi connectivity index (χ0n) is 52.0. The highest BCUT2D eigenvalue weighted by Crippen LogP contribution is 2.23. The summed E-state index contributed by atoms with van der Waals surface area (Å²) in [7, 11) is 0. The van der Waals surface area contributed by atoms with Crippen molar-refractivity contribution < 1.29 is 66.8 Å². The highest BCUT2D eigenvalue weighted by atomic mass is 16.6. The average Bonchev–Trinajstić information content (AvgIpc) is 3.82. The number of esters is 6. The summed E-state index contributed by atoms with van der Waals surface area (Å²) in [6, 6.07) is -1.01. The fraction of sp³-hybridized carbons (Fsp3) is 0.864. The van der Waals surface area contributed by atoms with Crippen LogP contribution in [0.4, 0.5) is 0 Å². The van der Waals surface area contributed by atoms with Crippen molar-refractivity contribution in [2.45, 2.75) is 274 Å². The molecule has 1 rings (SSSR count). The van der Waals surface area contributed by atoms with Crippen LogP contribution in [0.5, 0.6) is 0 Å². The summed E-state index contributed by atoms with van der Waals surface area (Å²) in [5.74, 6) is -0.702. The number of hydrogen-bond acceptors (Lipinski definition) is 17. The van der Waals surface area contributed by atoms with Gasteiger partial charge < -0.3 is 45.2 Å². The molecule has 17 nitrogen and oxygen atoms in total. The van der Waals surface area contributed by atoms with Crippen LogP contribution in [0, 0.1) is 53.3 Å². The monoisotopic (exact) mass is 1090 g/mol. The lowest BCUT2D eigenvalue weighted by atomic mass is 9.84. The van der Waals surface area contributed by atoms with Gasteiger partial charge in [-0.1, -0.05) is 104 Å². The largest absolute Gasteiger partial charge is 0.463 e. The molecule has 76 heavy (non-hydrogen) atoms. The van der Waals surface area contributed by atoms with Gasteiger partial charge in [-0.2, -0.15) is 0 Å². The van der Waals surface area contributed by atoms with Crippen LogP contribution in [0.15, 0.2) is 0 Å². The maximum Gasteiger partial charge on any atom is 0.323 e. The van der Waals surface area contributed by atoms with Gasteiger partial charge >= 0.3 is 35.8 Å². The number of nitrogens with one attached hydrogen (secondary N) is 1. The molecule has 0 aromatic rings. The molecule has 1 aliphatic rings. The number of Topliss-reactive ketones (excluding diaryl/α,β-unsaturated/α-hetero) is 2. The van der Waals surface area contributed by atoms with Crippen LogP contribution in [0.1, 0.15) is 220 Å². The van der Waals surface area contributed by atoms with Gasteiger partial charge in [0.25, 0.3) is 0 Å². The summed E-state index contributed by atoms with van der Waals surface area (Å²) in [4.78, 5) is 90.8. The molecular formula is C59H117N3O14. The Morgan fingerprint density at radius 1 is 0.461 bits per heavy atom. The second-order valence-electron chi connectivity index (χ2n) is 22.6. The van der Waals surface area contributed by atoms with Gasteiger partial charge in [-0.3, -0.25) is 38.4 Å². The molecular weight excluding hydrogens is 975 g/mol. The Hall–Kier alpha value is -3.96. The molecule has 8 atom stereocenters. The third kappa shape index (κ3) is 46.2. The van der Waals surface area contributed by atoms with Crippen LogP contribution in [0.25, 0.3) is 0 Å². The standard InChI is InChI=1S/C15H28O3.C13H24O3.C9H19NO2.C8H15NO2.C8H17NO2.C5H10O2.CH4/c1-9(2)12(7)14(16)8-13(10(3)4)15(17)18-11(5)6;1-8(2)11(6)12(14)7-10(5)13(15)16-9(3)4;1-5-7(4)8(10)9(11)12-6(2)3;1-6(2)11-8(10)7-4-3-5-9-7;1-5(2)7(9)8(10)11-6(3)4;1-4(2)7-5(3)6;/h9-13H,8H2,1-7H3;8-11H,7H2,1-6H3;6-8H,5,10H2,1-4H3;6-7,9H,3-5H2,1-2H3;5-7H,9H2,1-4H3;4H,1-3H3;1H4/t12-,13-;10-,11+;7?,8-;2*7-;;/m01000../s1. The molecule has 1 aliphatic heterocycles. The van der Waals surface area contributed by atoms with Crippen LogP contribution >= 0.6 is 0 Å². The highest BCUT2D eigenvalue weighted by Gasteiger charge is 2.30. The van der Waals surface area contributed by atoms with Gasteiger partial charge in [0, 0.05) is 31.6 Å². The Bertz CT molecular complexity index is 1570. The molecule has 1 heterocycles. The Kier molecular flexibility index (Phi) is 50.5. The van der Waals surface area contributed by atoms with Crippen LogP contribution in [0.3, 0.4) is 0 Å². The average molecular weight is 1090 g/mol. The minimum atomic E-state index is -0.489. The van der Waals surface area contributed by atoms with Gasteiger partial charge in [0.15, 0.2) is 0 Å². The number of rotatable bonds is 23. The first-order valence-electron chi connectivity index (χ1n) is 27.7. The summed E-state index contributed by atoms with van der Waals surface area (Å²) in [6.45, 7) is 49.6. The Balaban J connectivity index is -0.000000197. The molecule has 1 unspecified atom stereocenters. The van der Waals surface area contributed by atoms with Crippen molar-refractivity contribution in [1.82, 2.24) is 5.32 Å². The lowest BCUT2D eigenvalue weighted by Crippen LogP contribution is -2.39. The molecule has 452 valence electrons. The topological polar surface area (TPSA) is 256 Å². The van der Waals surface area contributed by atoms with Crippen molar-refractivity contribution in [3.8, 4) is 0 Å². The van der Waals surface area contributed by atoms with Crippen molar-refractivity contribution in [2.75, 3.05) is 6.54 Å². The molecule has 0 radical (unpaired) electrons. The molecule has 1 fully saturated rings. The highest BCUT2D eigenvalue weighted by molar-refractivity contribution is 5.87. The number of ether oxygens (including phenoxy) is 6. The molecule has 17 heteroatoms. The first-order chi connectivity index (χ1) is 34.2. The van der Waals surface area contributed by atoms with Crippen LogP contribution in [0.2, 0.25) is 0 Å². The predicted octanol–water partition coefficient (Wildman–Crippen LogP) is 10.8. The second-order valence-corrected chi connectivity index (χ2v) is 22.6. The number of ketones is 2. The third-order valence-corrected chi connectivity index (χ3v) is 11.5. The lowest BCUT2D eigenvalue weighted by molar-refractivity contribution is -0.156. The fourth-order valence-electron chi connectivity index (χ4n) is 5.89. The molecule has 0 amide bonds. The van der Waals surface area contributed by atoms with Crippen molar-refractivity contribution in [1.29, 1.82) is 0 Å². The van der Waals surface area contributed by atoms with E-state index in [0.29, 0.717) is 18.3 Å². The zero-order valence-corrected chi connectivity index (χ0v) is 52.0. The first-order valence-corrected chi connectivity index (χ1v) is 27.7. The number of nitrogens with two attached hydrogens (primary N) is 2. The minimum Gasteiger partial charge on any atom is -0.463 e. The van der Waals surface area contributed by atoms with E-state index in [1.807, 2.05) is 166 Å². The Labute approximate surface area is 463 Å². The maximum absolute atomic E-state index is 12.1. The lowest BCUT2D eigenvalue weighted by Gasteiger charge is -2.22. The van der Waals surface area contributed by atoms with Crippen molar-refractivity contribution in [2.24, 2.45) is 64.7 Å². The van der Waals surface area contributed by atoms with Crippen LogP contribution in [-0.4, -0.2) is 109 Å². The predicted molar refractivity (Wildman–Crippen MR) is 306 cm³/mol. The van der Waals surface area contributed by atoms with E-state index in [4.69, 9.17) is 35.2 Å². The van der Waals surface area contributed by atoms with E-state index in [1.165, 1.54) is 6.92 Å². The van der Waals surface area contributed by atoms with E-state index >= 15 is 0 Å². The van der Waals surface area contributed by atoms with E-state index in [2.05, 4.69) is 10.1 Å². The quantitative estimate of drug-likeness (QED) is 0.0635. The van der Waals surface area contributed by atoms with Gasteiger partial charge in [0.05, 0.1) is 48.5 Å². The number of carbonyl (C=O) groups excluding carboxylic acids is 8. The van der Waals surface area contributed by atoms with Crippen molar-refractivity contribution >= 4 is 47.4 Å². The maximum atomic E-state index is 12.1. The Morgan fingerprint density at radius 3 is 1.11 bits per heavy atom. The van der Waals surface area contributed by atoms with Gasteiger partial charge in [-0.25, -0.2) is 0 Å². The third-order valence-electron chi connectivity index (χ3n) is 11.5. The summed E-state index contributed by atoms with van der Waals surface area (Å²) >= 11 is 0. The molecule has 0 spiro atoms. The molecule has 0 saturated carbocycles. The number of carbonyl (C=O) groups is 8. The normalized spacial score (nSPS) is 15.5. The van der Waals surface area contributed by atoms with Crippen molar-refractivity contribution in [3.63, 3.8) is 0 Å². The van der Waals surface area contributed by atoms with E-state index in [9.17, 15) is 38.4 Å². The smallest absolute Gasteiger partial charge is 0.323 e. The molecule has 0 aromatic heterocycles. The van der Waals surface area contributed by atoms with Gasteiger partial charge in [0.2, 0.25) is 0 Å². The van der Waals surface area contributed by atoms with E-state index in [-0.39, 0.29) is 145 Å². The molecule has 0 aliphatic carbocycles. The molecule has 1 saturated heterocycles. The fourth-order valence-corrected chi connectivity index (χ4v) is 5.89. The summed E-state index contributed by atoms with van der Waals surface area (Å²) in [5.41, 5.74) is 11.2.